The number of thiophene rings is 1. The van der Waals surface area contributed by atoms with Crippen LogP contribution in [0.4, 0.5) is 0 Å². The average Bonchev–Trinajstić information content (AvgIpc) is 2.76. The molecule has 1 unspecified atom stereocenters. The molecule has 1 saturated heterocycles. The fraction of sp³-hybridized carbons (Fsp3) is 0.615. The van der Waals surface area contributed by atoms with Gasteiger partial charge in [0.1, 0.15) is 0 Å². The maximum absolute atomic E-state index is 11.2. The summed E-state index contributed by atoms with van der Waals surface area (Å²) in [6.45, 7) is 5.78. The Morgan fingerprint density at radius 3 is 2.61 bits per heavy atom. The van der Waals surface area contributed by atoms with Crippen LogP contribution in [0.2, 0.25) is 0 Å². The topological polar surface area (TPSA) is 40.5 Å². The lowest BCUT2D eigenvalue weighted by atomic mass is 9.80. The molecule has 0 saturated carbocycles. The third-order valence-electron chi connectivity index (χ3n) is 3.97. The molecule has 0 aromatic carbocycles. The van der Waals surface area contributed by atoms with Crippen molar-refractivity contribution in [1.29, 1.82) is 0 Å². The van der Waals surface area contributed by atoms with Crippen molar-refractivity contribution in [3.63, 3.8) is 0 Å². The van der Waals surface area contributed by atoms with Crippen molar-refractivity contribution >= 4 is 33.2 Å². The fourth-order valence-electron chi connectivity index (χ4n) is 2.35. The van der Waals surface area contributed by atoms with Crippen LogP contribution in [-0.4, -0.2) is 29.1 Å². The number of halogens is 1. The summed E-state index contributed by atoms with van der Waals surface area (Å²) in [5.74, 6) is -0.659. The molecular formula is C13H18BrNO2S. The summed E-state index contributed by atoms with van der Waals surface area (Å²) < 4.78 is 1.13. The van der Waals surface area contributed by atoms with E-state index < -0.39 is 11.4 Å². The van der Waals surface area contributed by atoms with Gasteiger partial charge in [-0.05, 0) is 61.8 Å². The first-order valence-corrected chi connectivity index (χ1v) is 7.81. The van der Waals surface area contributed by atoms with Gasteiger partial charge in [0.15, 0.2) is 0 Å². The van der Waals surface area contributed by atoms with Gasteiger partial charge in [-0.15, -0.1) is 11.3 Å². The molecule has 0 spiro atoms. The van der Waals surface area contributed by atoms with E-state index in [9.17, 15) is 9.90 Å². The minimum Gasteiger partial charge on any atom is -0.481 e. The molecule has 1 aromatic rings. The van der Waals surface area contributed by atoms with E-state index in [-0.39, 0.29) is 0 Å². The molecular weight excluding hydrogens is 314 g/mol. The molecule has 1 atom stereocenters. The number of piperidine rings is 1. The molecule has 2 rings (SSSR count). The van der Waals surface area contributed by atoms with Gasteiger partial charge in [0, 0.05) is 20.8 Å². The Bertz CT molecular complexity index is 438. The van der Waals surface area contributed by atoms with Crippen LogP contribution in [0.3, 0.4) is 0 Å². The third-order valence-corrected chi connectivity index (χ3v) is 5.83. The zero-order valence-electron chi connectivity index (χ0n) is 10.6. The Labute approximate surface area is 120 Å². The summed E-state index contributed by atoms with van der Waals surface area (Å²) in [6.07, 6.45) is 1.47. The second kappa shape index (κ2) is 5.31. The van der Waals surface area contributed by atoms with E-state index >= 15 is 0 Å². The van der Waals surface area contributed by atoms with Gasteiger partial charge in [-0.2, -0.15) is 0 Å². The second-order valence-electron chi connectivity index (χ2n) is 5.25. The SMILES string of the molecule is CC(c1cc(Br)cs1)N1CCC(C)(C(=O)O)CC1. The molecule has 0 bridgehead atoms. The quantitative estimate of drug-likeness (QED) is 0.916. The predicted octanol–water partition coefficient (Wildman–Crippen LogP) is 3.76. The molecule has 0 aliphatic carbocycles. The Kier molecular flexibility index (Phi) is 4.14. The zero-order valence-corrected chi connectivity index (χ0v) is 13.1. The largest absolute Gasteiger partial charge is 0.481 e. The standard InChI is InChI=1S/C13H18BrNO2S/c1-9(11-7-10(14)8-18-11)15-5-3-13(2,4-6-15)12(16)17/h7-9H,3-6H2,1-2H3,(H,16,17). The van der Waals surface area contributed by atoms with Crippen molar-refractivity contribution in [2.75, 3.05) is 13.1 Å². The van der Waals surface area contributed by atoms with Gasteiger partial charge in [0.2, 0.25) is 0 Å². The van der Waals surface area contributed by atoms with Crippen molar-refractivity contribution in [3.05, 3.63) is 20.8 Å². The fourth-order valence-corrected chi connectivity index (χ4v) is 3.88. The van der Waals surface area contributed by atoms with E-state index in [4.69, 9.17) is 0 Å². The summed E-state index contributed by atoms with van der Waals surface area (Å²) in [6, 6.07) is 2.53. The van der Waals surface area contributed by atoms with Crippen LogP contribution in [-0.2, 0) is 4.79 Å². The van der Waals surface area contributed by atoms with E-state index in [1.807, 2.05) is 6.92 Å². The van der Waals surface area contributed by atoms with Crippen LogP contribution >= 0.6 is 27.3 Å². The van der Waals surface area contributed by atoms with Crippen molar-refractivity contribution < 1.29 is 9.90 Å². The van der Waals surface area contributed by atoms with Crippen LogP contribution in [0.5, 0.6) is 0 Å². The van der Waals surface area contributed by atoms with E-state index in [1.165, 1.54) is 4.88 Å². The van der Waals surface area contributed by atoms with Gasteiger partial charge >= 0.3 is 5.97 Å². The Morgan fingerprint density at radius 2 is 2.17 bits per heavy atom. The summed E-state index contributed by atoms with van der Waals surface area (Å²) in [5.41, 5.74) is -0.535. The first-order valence-electron chi connectivity index (χ1n) is 6.14. The number of carbonyl (C=O) groups is 1. The number of likely N-dealkylation sites (tertiary alicyclic amines) is 1. The third kappa shape index (κ3) is 2.78. The normalized spacial score (nSPS) is 21.7. The van der Waals surface area contributed by atoms with Gasteiger partial charge in [0.25, 0.3) is 0 Å². The van der Waals surface area contributed by atoms with Gasteiger partial charge in [-0.1, -0.05) is 0 Å². The van der Waals surface area contributed by atoms with Crippen LogP contribution in [0, 0.1) is 5.41 Å². The first-order chi connectivity index (χ1) is 8.42. The molecule has 2 heterocycles. The highest BCUT2D eigenvalue weighted by Crippen LogP contribution is 2.36. The molecule has 1 fully saturated rings. The highest BCUT2D eigenvalue weighted by Gasteiger charge is 2.38. The number of hydrogen-bond donors (Lipinski definition) is 1. The van der Waals surface area contributed by atoms with E-state index in [2.05, 4.69) is 39.2 Å². The Balaban J connectivity index is 2.00. The molecule has 1 aromatic heterocycles. The number of hydrogen-bond acceptors (Lipinski definition) is 3. The lowest BCUT2D eigenvalue weighted by molar-refractivity contribution is -0.151. The molecule has 5 heteroatoms. The summed E-state index contributed by atoms with van der Waals surface area (Å²) in [5, 5.41) is 11.3. The molecule has 100 valence electrons. The Morgan fingerprint density at radius 1 is 1.56 bits per heavy atom. The molecule has 1 aliphatic heterocycles. The number of aliphatic carboxylic acids is 1. The van der Waals surface area contributed by atoms with Crippen LogP contribution in [0.15, 0.2) is 15.9 Å². The predicted molar refractivity (Wildman–Crippen MR) is 77.0 cm³/mol. The van der Waals surface area contributed by atoms with E-state index in [0.29, 0.717) is 6.04 Å². The number of carboxylic acids is 1. The highest BCUT2D eigenvalue weighted by atomic mass is 79.9. The molecule has 0 radical (unpaired) electrons. The van der Waals surface area contributed by atoms with Crippen LogP contribution in [0.25, 0.3) is 0 Å². The molecule has 1 aliphatic rings. The molecule has 18 heavy (non-hydrogen) atoms. The smallest absolute Gasteiger partial charge is 0.309 e. The van der Waals surface area contributed by atoms with Crippen molar-refractivity contribution in [2.24, 2.45) is 5.41 Å². The highest BCUT2D eigenvalue weighted by molar-refractivity contribution is 9.10. The van der Waals surface area contributed by atoms with Crippen molar-refractivity contribution in [3.8, 4) is 0 Å². The monoisotopic (exact) mass is 331 g/mol. The van der Waals surface area contributed by atoms with Gasteiger partial charge < -0.3 is 5.11 Å². The Hall–Kier alpha value is -0.390. The summed E-state index contributed by atoms with van der Waals surface area (Å²) in [4.78, 5) is 14.9. The molecule has 0 amide bonds. The maximum Gasteiger partial charge on any atom is 0.309 e. The first kappa shape index (κ1) is 14.0. The van der Waals surface area contributed by atoms with Crippen molar-refractivity contribution in [1.82, 2.24) is 4.90 Å². The lowest BCUT2D eigenvalue weighted by Crippen LogP contribution is -2.43. The summed E-state index contributed by atoms with van der Waals surface area (Å²) >= 11 is 5.23. The zero-order chi connectivity index (χ0) is 13.3. The minimum atomic E-state index is -0.659. The summed E-state index contributed by atoms with van der Waals surface area (Å²) in [7, 11) is 0. The van der Waals surface area contributed by atoms with Crippen LogP contribution < -0.4 is 0 Å². The van der Waals surface area contributed by atoms with Crippen molar-refractivity contribution in [2.45, 2.75) is 32.7 Å². The van der Waals surface area contributed by atoms with E-state index in [1.54, 1.807) is 11.3 Å². The second-order valence-corrected chi connectivity index (χ2v) is 7.10. The maximum atomic E-state index is 11.2. The van der Waals surface area contributed by atoms with Gasteiger partial charge in [-0.3, -0.25) is 9.69 Å². The molecule has 1 N–H and O–H groups in total. The molecule has 3 nitrogen and oxygen atoms in total. The van der Waals surface area contributed by atoms with E-state index in [0.717, 1.165) is 30.4 Å². The van der Waals surface area contributed by atoms with Gasteiger partial charge in [-0.25, -0.2) is 0 Å². The lowest BCUT2D eigenvalue weighted by Gasteiger charge is -2.39. The van der Waals surface area contributed by atoms with Gasteiger partial charge in [0.05, 0.1) is 5.41 Å². The number of rotatable bonds is 3. The minimum absolute atomic E-state index is 0.375. The number of nitrogens with zero attached hydrogens (tertiary/aromatic N) is 1. The average molecular weight is 332 g/mol. The number of carboxylic acid groups (broad SMARTS) is 1. The van der Waals surface area contributed by atoms with Crippen LogP contribution in [0.1, 0.15) is 37.6 Å².